The fraction of sp³-hybridized carbons (Fsp3) is 0.412. The zero-order valence-electron chi connectivity index (χ0n) is 27.3. The van der Waals surface area contributed by atoms with Gasteiger partial charge in [-0.05, 0) is 71.2 Å². The predicted molar refractivity (Wildman–Crippen MR) is 177 cm³/mol. The maximum absolute atomic E-state index is 15.3. The second kappa shape index (κ2) is 12.4. The molecule has 1 aliphatic heterocycles. The van der Waals surface area contributed by atoms with Crippen LogP contribution in [0.25, 0.3) is 28.0 Å². The number of halogens is 2. The van der Waals surface area contributed by atoms with Crippen LogP contribution in [-0.4, -0.2) is 67.6 Å². The molecule has 4 aromatic rings. The molecule has 1 fully saturated rings. The van der Waals surface area contributed by atoms with Crippen LogP contribution in [0.1, 0.15) is 76.0 Å². The third-order valence-corrected chi connectivity index (χ3v) is 8.31. The Balaban J connectivity index is 1.78. The van der Waals surface area contributed by atoms with Gasteiger partial charge in [-0.3, -0.25) is 9.78 Å². The summed E-state index contributed by atoms with van der Waals surface area (Å²) in [6, 6.07) is 6.99. The van der Waals surface area contributed by atoms with Crippen molar-refractivity contribution in [2.24, 2.45) is 0 Å². The van der Waals surface area contributed by atoms with Crippen molar-refractivity contribution < 1.29 is 18.7 Å². The minimum Gasteiger partial charge on any atom is -0.444 e. The molecule has 0 unspecified atom stereocenters. The highest BCUT2D eigenvalue weighted by Crippen LogP contribution is 2.37. The van der Waals surface area contributed by atoms with Crippen molar-refractivity contribution in [2.75, 3.05) is 18.0 Å². The molecular formula is C34H38ClFN6O4. The van der Waals surface area contributed by atoms with Gasteiger partial charge in [-0.15, -0.1) is 0 Å². The Hall–Kier alpha value is -4.38. The number of rotatable bonds is 5. The Kier molecular flexibility index (Phi) is 8.92. The number of benzene rings is 1. The SMILES string of the molecule is Cc1ccnc(C(C)C)c1-n1c(=O)nc(N2C[C@@H](C)N(C(=O)OC(C)(C)C)C[C@@H]2C)c2cc(Cl)c(-c3c(F)cccc3C=O)nc21. The second-order valence-corrected chi connectivity index (χ2v) is 13.5. The van der Waals surface area contributed by atoms with Gasteiger partial charge in [0.2, 0.25) is 0 Å². The Labute approximate surface area is 272 Å². The monoisotopic (exact) mass is 648 g/mol. The van der Waals surface area contributed by atoms with Gasteiger partial charge in [0.1, 0.15) is 17.2 Å². The van der Waals surface area contributed by atoms with Crippen molar-refractivity contribution >= 4 is 40.8 Å². The summed E-state index contributed by atoms with van der Waals surface area (Å²) in [6.45, 7) is 15.8. The molecule has 0 bridgehead atoms. The molecule has 4 heterocycles. The number of carbonyl (C=O) groups is 2. The summed E-state index contributed by atoms with van der Waals surface area (Å²) >= 11 is 6.83. The van der Waals surface area contributed by atoms with Crippen LogP contribution >= 0.6 is 11.6 Å². The van der Waals surface area contributed by atoms with Gasteiger partial charge in [0, 0.05) is 42.5 Å². The molecule has 1 aliphatic rings. The van der Waals surface area contributed by atoms with Gasteiger partial charge in [0.05, 0.1) is 27.5 Å². The number of nitrogens with zero attached hydrogens (tertiary/aromatic N) is 6. The molecule has 2 atom stereocenters. The van der Waals surface area contributed by atoms with Crippen LogP contribution in [0.3, 0.4) is 0 Å². The number of aryl methyl sites for hydroxylation is 1. The van der Waals surface area contributed by atoms with E-state index in [1.54, 1.807) is 23.2 Å². The van der Waals surface area contributed by atoms with E-state index in [-0.39, 0.29) is 45.5 Å². The zero-order chi connectivity index (χ0) is 33.7. The molecule has 1 aromatic carbocycles. The van der Waals surface area contributed by atoms with Gasteiger partial charge in [-0.2, -0.15) is 4.98 Å². The lowest BCUT2D eigenvalue weighted by molar-refractivity contribution is 0.0130. The number of ether oxygens (including phenoxy) is 1. The molecule has 0 aliphatic carbocycles. The summed E-state index contributed by atoms with van der Waals surface area (Å²) in [5.74, 6) is -0.404. The van der Waals surface area contributed by atoms with Gasteiger partial charge < -0.3 is 14.5 Å². The number of hydrogen-bond donors (Lipinski definition) is 0. The van der Waals surface area contributed by atoms with Crippen LogP contribution < -0.4 is 10.6 Å². The number of aldehydes is 1. The first kappa shape index (κ1) is 33.0. The van der Waals surface area contributed by atoms with E-state index in [1.165, 1.54) is 22.8 Å². The van der Waals surface area contributed by atoms with Crippen LogP contribution in [-0.2, 0) is 4.74 Å². The van der Waals surface area contributed by atoms with Gasteiger partial charge in [-0.25, -0.2) is 23.5 Å². The number of hydrogen-bond acceptors (Lipinski definition) is 8. The van der Waals surface area contributed by atoms with Crippen LogP contribution in [0.15, 0.2) is 41.3 Å². The third-order valence-electron chi connectivity index (χ3n) is 8.02. The summed E-state index contributed by atoms with van der Waals surface area (Å²) in [4.78, 5) is 56.8. The van der Waals surface area contributed by atoms with E-state index in [0.717, 1.165) is 5.56 Å². The highest BCUT2D eigenvalue weighted by atomic mass is 35.5. The average molecular weight is 649 g/mol. The molecule has 5 rings (SSSR count). The second-order valence-electron chi connectivity index (χ2n) is 13.1. The van der Waals surface area contributed by atoms with Crippen LogP contribution in [0.5, 0.6) is 0 Å². The molecule has 3 aromatic heterocycles. The number of anilines is 1. The van der Waals surface area contributed by atoms with E-state index in [1.807, 2.05) is 60.3 Å². The Morgan fingerprint density at radius 3 is 2.50 bits per heavy atom. The van der Waals surface area contributed by atoms with Crippen molar-refractivity contribution in [3.05, 3.63) is 74.7 Å². The number of carbonyl (C=O) groups excluding carboxylic acids is 2. The molecule has 0 spiro atoms. The molecular weight excluding hydrogens is 611 g/mol. The normalized spacial score (nSPS) is 17.1. The predicted octanol–water partition coefficient (Wildman–Crippen LogP) is 6.71. The molecule has 46 heavy (non-hydrogen) atoms. The van der Waals surface area contributed by atoms with E-state index >= 15 is 4.39 Å². The summed E-state index contributed by atoms with van der Waals surface area (Å²) in [5, 5.41) is 0.522. The quantitative estimate of drug-likeness (QED) is 0.220. The summed E-state index contributed by atoms with van der Waals surface area (Å²) in [5.41, 5.74) is 0.879. The van der Waals surface area contributed by atoms with Crippen molar-refractivity contribution in [1.29, 1.82) is 0 Å². The van der Waals surface area contributed by atoms with E-state index in [4.69, 9.17) is 21.3 Å². The Morgan fingerprint density at radius 1 is 1.13 bits per heavy atom. The summed E-state index contributed by atoms with van der Waals surface area (Å²) in [6.07, 6.45) is 1.81. The van der Waals surface area contributed by atoms with Crippen molar-refractivity contribution in [3.8, 4) is 16.9 Å². The van der Waals surface area contributed by atoms with Gasteiger partial charge >= 0.3 is 11.8 Å². The topological polar surface area (TPSA) is 111 Å². The standard InChI is InChI=1S/C34H38ClFN6O4/c1-18(2)27-29(19(3)12-13-37-27)42-31-23(14-24(35)28(38-31)26-22(17-43)10-9-11-25(26)36)30(39-32(42)44)40-15-21(5)41(16-20(40)4)33(45)46-34(6,7)8/h9-14,17-18,20-21H,15-16H2,1-8H3/t20-,21+/m0/s1. The van der Waals surface area contributed by atoms with Crippen LogP contribution in [0.4, 0.5) is 15.0 Å². The van der Waals surface area contributed by atoms with E-state index in [2.05, 4.69) is 9.97 Å². The number of aromatic nitrogens is 4. The average Bonchev–Trinajstić information content (AvgIpc) is 2.97. The maximum atomic E-state index is 15.3. The zero-order valence-corrected chi connectivity index (χ0v) is 28.0. The van der Waals surface area contributed by atoms with Crippen molar-refractivity contribution in [3.63, 3.8) is 0 Å². The lowest BCUT2D eigenvalue weighted by atomic mass is 10.0. The summed E-state index contributed by atoms with van der Waals surface area (Å²) < 4.78 is 22.3. The first-order chi connectivity index (χ1) is 21.6. The maximum Gasteiger partial charge on any atom is 0.410 e. The van der Waals surface area contributed by atoms with Crippen LogP contribution in [0, 0.1) is 12.7 Å². The molecule has 10 nitrogen and oxygen atoms in total. The number of amides is 1. The van der Waals surface area contributed by atoms with E-state index < -0.39 is 23.2 Å². The number of fused-ring (bicyclic) bond motifs is 1. The molecule has 0 saturated carbocycles. The highest BCUT2D eigenvalue weighted by Gasteiger charge is 2.36. The molecule has 1 amide bonds. The molecule has 12 heteroatoms. The van der Waals surface area contributed by atoms with Crippen LogP contribution in [0.2, 0.25) is 5.02 Å². The number of piperazine rings is 1. The van der Waals surface area contributed by atoms with Gasteiger partial charge in [-0.1, -0.05) is 37.6 Å². The fourth-order valence-electron chi connectivity index (χ4n) is 5.87. The number of pyridine rings is 2. The minimum atomic E-state index is -0.678. The van der Waals surface area contributed by atoms with Crippen molar-refractivity contribution in [1.82, 2.24) is 24.4 Å². The molecule has 1 saturated heterocycles. The first-order valence-electron chi connectivity index (χ1n) is 15.2. The van der Waals surface area contributed by atoms with Crippen molar-refractivity contribution in [2.45, 2.75) is 79.0 Å². The molecule has 0 N–H and O–H groups in total. The fourth-order valence-corrected chi connectivity index (χ4v) is 6.12. The molecule has 0 radical (unpaired) electrons. The molecule has 242 valence electrons. The Bertz CT molecular complexity index is 1900. The Morgan fingerprint density at radius 2 is 1.85 bits per heavy atom. The smallest absolute Gasteiger partial charge is 0.410 e. The lowest BCUT2D eigenvalue weighted by Crippen LogP contribution is -2.59. The highest BCUT2D eigenvalue weighted by molar-refractivity contribution is 6.34. The van der Waals surface area contributed by atoms with Gasteiger partial charge in [0.15, 0.2) is 11.9 Å². The summed E-state index contributed by atoms with van der Waals surface area (Å²) in [7, 11) is 0. The first-order valence-corrected chi connectivity index (χ1v) is 15.6. The largest absolute Gasteiger partial charge is 0.444 e. The lowest BCUT2D eigenvalue weighted by Gasteiger charge is -2.44. The third kappa shape index (κ3) is 6.08. The van der Waals surface area contributed by atoms with E-state index in [9.17, 15) is 14.4 Å². The van der Waals surface area contributed by atoms with Gasteiger partial charge in [0.25, 0.3) is 0 Å². The minimum absolute atomic E-state index is 0.0171. The van der Waals surface area contributed by atoms with E-state index in [0.29, 0.717) is 42.0 Å².